The fourth-order valence-corrected chi connectivity index (χ4v) is 5.78. The Morgan fingerprint density at radius 2 is 1.77 bits per heavy atom. The molecule has 31 heavy (non-hydrogen) atoms. The van der Waals surface area contributed by atoms with E-state index in [1.54, 1.807) is 0 Å². The van der Waals surface area contributed by atoms with Crippen molar-refractivity contribution in [1.29, 1.82) is 0 Å². The van der Waals surface area contributed by atoms with Gasteiger partial charge in [0.1, 0.15) is 0 Å². The van der Waals surface area contributed by atoms with Crippen LogP contribution in [0.4, 0.5) is 0 Å². The molecule has 164 valence electrons. The number of aromatic nitrogens is 1. The van der Waals surface area contributed by atoms with Gasteiger partial charge in [-0.15, -0.1) is 0 Å². The zero-order valence-corrected chi connectivity index (χ0v) is 18.9. The summed E-state index contributed by atoms with van der Waals surface area (Å²) in [6, 6.07) is 15.8. The van der Waals surface area contributed by atoms with Crippen LogP contribution in [0.15, 0.2) is 42.5 Å². The fourth-order valence-electron chi connectivity index (χ4n) is 5.78. The first kappa shape index (κ1) is 20.6. The lowest BCUT2D eigenvalue weighted by atomic mass is 9.92. The second-order valence-electron chi connectivity index (χ2n) is 9.48. The Kier molecular flexibility index (Phi) is 5.99. The van der Waals surface area contributed by atoms with Crippen molar-refractivity contribution in [3.63, 3.8) is 0 Å². The lowest BCUT2D eigenvalue weighted by Gasteiger charge is -2.33. The number of hydrogen-bond acceptors (Lipinski definition) is 2. The van der Waals surface area contributed by atoms with Crippen LogP contribution in [0.5, 0.6) is 0 Å². The number of carbonyl (C=O) groups excluding carboxylic acids is 1. The highest BCUT2D eigenvalue weighted by atomic mass is 16.2. The Labute approximate surface area is 185 Å². The van der Waals surface area contributed by atoms with E-state index in [2.05, 4.69) is 63.8 Å². The van der Waals surface area contributed by atoms with Crippen LogP contribution in [-0.4, -0.2) is 46.5 Å². The average molecular weight is 418 g/mol. The molecule has 0 saturated carbocycles. The van der Waals surface area contributed by atoms with Crippen molar-refractivity contribution in [2.24, 2.45) is 5.92 Å². The number of para-hydroxylation sites is 1. The summed E-state index contributed by atoms with van der Waals surface area (Å²) in [6.45, 7) is 8.49. The van der Waals surface area contributed by atoms with E-state index < -0.39 is 0 Å². The normalized spacial score (nSPS) is 20.2. The molecule has 1 amide bonds. The summed E-state index contributed by atoms with van der Waals surface area (Å²) in [6.07, 6.45) is 6.68. The molecule has 1 atom stereocenters. The maximum absolute atomic E-state index is 12.4. The summed E-state index contributed by atoms with van der Waals surface area (Å²) < 4.78 is 2.42. The number of likely N-dealkylation sites (tertiary alicyclic amines) is 2. The zero-order valence-electron chi connectivity index (χ0n) is 18.9. The Hall–Kier alpha value is -2.33. The predicted molar refractivity (Wildman–Crippen MR) is 128 cm³/mol. The fraction of sp³-hybridized carbons (Fsp3) is 0.519. The van der Waals surface area contributed by atoms with Crippen LogP contribution in [0, 0.1) is 5.92 Å². The average Bonchev–Trinajstić information content (AvgIpc) is 3.44. The minimum atomic E-state index is 0.382. The number of nitrogens with zero attached hydrogens (tertiary/aromatic N) is 3. The molecule has 3 heterocycles. The number of fused-ring (bicyclic) bond motifs is 3. The topological polar surface area (TPSA) is 28.5 Å². The number of hydrogen-bond donors (Lipinski definition) is 0. The standard InChI is InChI=1S/C27H35N3O/c1-2-30-25-10-4-3-9-23(25)24-18-22(11-13-26(24)30)20-28-15-7-8-21(19-28)12-14-27(31)29-16-5-6-17-29/h3-4,9-11,13,18,21H,2,5-8,12,14-17,19-20H2,1H3. The van der Waals surface area contributed by atoms with Crippen LogP contribution in [0.25, 0.3) is 21.8 Å². The van der Waals surface area contributed by atoms with Crippen molar-refractivity contribution in [3.8, 4) is 0 Å². The number of piperidine rings is 1. The minimum absolute atomic E-state index is 0.382. The first-order chi connectivity index (χ1) is 15.2. The van der Waals surface area contributed by atoms with Crippen molar-refractivity contribution in [3.05, 3.63) is 48.0 Å². The first-order valence-corrected chi connectivity index (χ1v) is 12.2. The Bertz CT molecular complexity index is 1060. The van der Waals surface area contributed by atoms with E-state index >= 15 is 0 Å². The maximum atomic E-state index is 12.4. The number of amides is 1. The summed E-state index contributed by atoms with van der Waals surface area (Å²) in [5.74, 6) is 1.04. The zero-order chi connectivity index (χ0) is 21.2. The van der Waals surface area contributed by atoms with Crippen molar-refractivity contribution >= 4 is 27.7 Å². The monoisotopic (exact) mass is 417 g/mol. The van der Waals surface area contributed by atoms with Gasteiger partial charge in [-0.25, -0.2) is 0 Å². The second kappa shape index (κ2) is 9.04. The molecule has 0 aliphatic carbocycles. The largest absolute Gasteiger partial charge is 0.343 e. The predicted octanol–water partition coefficient (Wildman–Crippen LogP) is 5.43. The van der Waals surface area contributed by atoms with Gasteiger partial charge >= 0.3 is 0 Å². The summed E-state index contributed by atoms with van der Waals surface area (Å²) in [5.41, 5.74) is 4.07. The summed E-state index contributed by atoms with van der Waals surface area (Å²) in [5, 5.41) is 2.73. The van der Waals surface area contributed by atoms with Crippen LogP contribution in [-0.2, 0) is 17.9 Å². The highest BCUT2D eigenvalue weighted by Crippen LogP contribution is 2.30. The molecule has 1 unspecified atom stereocenters. The second-order valence-corrected chi connectivity index (χ2v) is 9.48. The Morgan fingerprint density at radius 1 is 0.968 bits per heavy atom. The van der Waals surface area contributed by atoms with Crippen molar-refractivity contribution < 1.29 is 4.79 Å². The highest BCUT2D eigenvalue weighted by molar-refractivity contribution is 6.08. The van der Waals surface area contributed by atoms with E-state index in [1.807, 2.05) is 0 Å². The molecular weight excluding hydrogens is 382 g/mol. The third kappa shape index (κ3) is 4.23. The van der Waals surface area contributed by atoms with Gasteiger partial charge in [0.05, 0.1) is 0 Å². The Balaban J connectivity index is 1.26. The van der Waals surface area contributed by atoms with Gasteiger partial charge in [0.25, 0.3) is 0 Å². The molecule has 1 aromatic heterocycles. The van der Waals surface area contributed by atoms with Crippen molar-refractivity contribution in [2.45, 2.75) is 58.5 Å². The molecule has 0 N–H and O–H groups in total. The van der Waals surface area contributed by atoms with Gasteiger partial charge in [-0.1, -0.05) is 24.3 Å². The molecule has 2 aliphatic rings. The molecule has 4 heteroatoms. The van der Waals surface area contributed by atoms with Crippen LogP contribution in [0.2, 0.25) is 0 Å². The van der Waals surface area contributed by atoms with Crippen molar-refractivity contribution in [1.82, 2.24) is 14.4 Å². The molecular formula is C27H35N3O. The molecule has 2 saturated heterocycles. The number of benzene rings is 2. The SMILES string of the molecule is CCn1c2ccccc2c2cc(CN3CCCC(CCC(=O)N4CCCC4)C3)ccc21. The molecule has 2 fully saturated rings. The maximum Gasteiger partial charge on any atom is 0.222 e. The summed E-state index contributed by atoms with van der Waals surface area (Å²) >= 11 is 0. The van der Waals surface area contributed by atoms with Crippen LogP contribution >= 0.6 is 0 Å². The van der Waals surface area contributed by atoms with Crippen LogP contribution in [0.1, 0.15) is 51.0 Å². The quantitative estimate of drug-likeness (QED) is 0.535. The lowest BCUT2D eigenvalue weighted by Crippen LogP contribution is -2.35. The van der Waals surface area contributed by atoms with E-state index in [0.29, 0.717) is 11.8 Å². The summed E-state index contributed by atoms with van der Waals surface area (Å²) in [7, 11) is 0. The third-order valence-electron chi connectivity index (χ3n) is 7.39. The van der Waals surface area contributed by atoms with Crippen molar-refractivity contribution in [2.75, 3.05) is 26.2 Å². The van der Waals surface area contributed by atoms with E-state index in [1.165, 1.54) is 59.6 Å². The smallest absolute Gasteiger partial charge is 0.222 e. The number of rotatable bonds is 6. The van der Waals surface area contributed by atoms with Gasteiger partial charge in [-0.2, -0.15) is 0 Å². The first-order valence-electron chi connectivity index (χ1n) is 12.2. The van der Waals surface area contributed by atoms with E-state index in [0.717, 1.165) is 45.6 Å². The molecule has 2 aromatic carbocycles. The Morgan fingerprint density at radius 3 is 2.61 bits per heavy atom. The minimum Gasteiger partial charge on any atom is -0.343 e. The molecule has 3 aromatic rings. The van der Waals surface area contributed by atoms with E-state index in [-0.39, 0.29) is 0 Å². The van der Waals surface area contributed by atoms with E-state index in [4.69, 9.17) is 0 Å². The van der Waals surface area contributed by atoms with Gasteiger partial charge in [0.15, 0.2) is 0 Å². The molecule has 4 nitrogen and oxygen atoms in total. The van der Waals surface area contributed by atoms with Gasteiger partial charge in [0.2, 0.25) is 5.91 Å². The lowest BCUT2D eigenvalue weighted by molar-refractivity contribution is -0.130. The van der Waals surface area contributed by atoms with Crippen LogP contribution in [0.3, 0.4) is 0 Å². The van der Waals surface area contributed by atoms with E-state index in [9.17, 15) is 4.79 Å². The number of carbonyl (C=O) groups is 1. The third-order valence-corrected chi connectivity index (χ3v) is 7.39. The van der Waals surface area contributed by atoms with Gasteiger partial charge < -0.3 is 9.47 Å². The van der Waals surface area contributed by atoms with Gasteiger partial charge in [-0.3, -0.25) is 9.69 Å². The molecule has 5 rings (SSSR count). The number of aryl methyl sites for hydroxylation is 1. The van der Waals surface area contributed by atoms with Gasteiger partial charge in [-0.05, 0) is 75.3 Å². The molecule has 0 radical (unpaired) electrons. The molecule has 2 aliphatic heterocycles. The summed E-state index contributed by atoms with van der Waals surface area (Å²) in [4.78, 5) is 17.1. The highest BCUT2D eigenvalue weighted by Gasteiger charge is 2.23. The molecule has 0 spiro atoms. The van der Waals surface area contributed by atoms with Gasteiger partial charge in [0, 0.05) is 61.0 Å². The molecule has 0 bridgehead atoms. The van der Waals surface area contributed by atoms with Crippen LogP contribution < -0.4 is 0 Å².